The summed E-state index contributed by atoms with van der Waals surface area (Å²) in [5, 5.41) is 8.52. The monoisotopic (exact) mass is 461 g/mol. The minimum Gasteiger partial charge on any atom is -0.384 e. The molecule has 2 aromatic rings. The smallest absolute Gasteiger partial charge is 0.239 e. The van der Waals surface area contributed by atoms with E-state index in [0.717, 1.165) is 28.7 Å². The Morgan fingerprint density at radius 1 is 1.14 bits per heavy atom. The van der Waals surface area contributed by atoms with E-state index >= 15 is 0 Å². The predicted molar refractivity (Wildman–Crippen MR) is 118 cm³/mol. The van der Waals surface area contributed by atoms with Crippen LogP contribution in [-0.4, -0.2) is 36.4 Å². The fraction of sp³-hybridized carbons (Fsp3) is 0.381. The fourth-order valence-corrected chi connectivity index (χ4v) is 3.31. The van der Waals surface area contributed by atoms with Gasteiger partial charge in [-0.2, -0.15) is 0 Å². The number of pyridine rings is 1. The second kappa shape index (κ2) is 11.5. The molecule has 0 saturated carbocycles. The largest absolute Gasteiger partial charge is 0.384 e. The van der Waals surface area contributed by atoms with Crippen LogP contribution in [-0.2, 0) is 22.6 Å². The van der Waals surface area contributed by atoms with Crippen molar-refractivity contribution in [3.8, 4) is 0 Å². The normalized spacial score (nSPS) is 11.7. The third kappa shape index (κ3) is 8.62. The van der Waals surface area contributed by atoms with Gasteiger partial charge in [-0.3, -0.25) is 9.59 Å². The number of amides is 2. The molecule has 156 valence electrons. The molecule has 2 rings (SSSR count). The van der Waals surface area contributed by atoms with Gasteiger partial charge in [0.25, 0.3) is 0 Å². The Balaban J connectivity index is 1.60. The molecular formula is C21H28BrN5O2. The first-order chi connectivity index (χ1) is 13.8. The van der Waals surface area contributed by atoms with E-state index < -0.39 is 0 Å². The number of nitrogen functional groups attached to an aromatic ring is 1. The van der Waals surface area contributed by atoms with Crippen molar-refractivity contribution in [1.29, 1.82) is 0 Å². The van der Waals surface area contributed by atoms with Gasteiger partial charge in [0.05, 0.1) is 13.1 Å². The number of aromatic nitrogens is 1. The van der Waals surface area contributed by atoms with Crippen molar-refractivity contribution in [1.82, 2.24) is 20.9 Å². The molecule has 1 atom stereocenters. The van der Waals surface area contributed by atoms with Gasteiger partial charge in [-0.25, -0.2) is 4.98 Å². The molecule has 0 fully saturated rings. The summed E-state index contributed by atoms with van der Waals surface area (Å²) in [6.07, 6.45) is 0.926. The van der Waals surface area contributed by atoms with E-state index in [1.165, 1.54) is 5.56 Å². The van der Waals surface area contributed by atoms with E-state index in [1.54, 1.807) is 6.07 Å². The van der Waals surface area contributed by atoms with Crippen molar-refractivity contribution < 1.29 is 9.59 Å². The van der Waals surface area contributed by atoms with Crippen molar-refractivity contribution in [2.45, 2.75) is 26.8 Å². The van der Waals surface area contributed by atoms with E-state index in [2.05, 4.69) is 55.9 Å². The summed E-state index contributed by atoms with van der Waals surface area (Å²) in [4.78, 5) is 28.0. The maximum absolute atomic E-state index is 11.9. The summed E-state index contributed by atoms with van der Waals surface area (Å²) in [6.45, 7) is 5.15. The topological polar surface area (TPSA) is 109 Å². The number of carbonyl (C=O) groups is 2. The van der Waals surface area contributed by atoms with Crippen LogP contribution in [0.25, 0.3) is 0 Å². The number of nitrogens with zero attached hydrogens (tertiary/aromatic N) is 1. The number of nitrogens with two attached hydrogens (primary N) is 1. The molecule has 1 unspecified atom stereocenters. The molecule has 7 nitrogen and oxygen atoms in total. The van der Waals surface area contributed by atoms with Crippen LogP contribution >= 0.6 is 15.9 Å². The third-order valence-corrected chi connectivity index (χ3v) is 4.88. The molecule has 1 heterocycles. The summed E-state index contributed by atoms with van der Waals surface area (Å²) in [5.74, 6) is 0.373. The van der Waals surface area contributed by atoms with Gasteiger partial charge < -0.3 is 21.7 Å². The highest BCUT2D eigenvalue weighted by Crippen LogP contribution is 2.14. The standard InChI is InChI=1S/C21H28BrN5O2/c1-14(8-16-4-3-5-18(22)9-16)10-24-12-20(28)26-13-21(29)25-11-17-6-7-19(23)27-15(17)2/h3-7,9,14,24H,8,10-13H2,1-2H3,(H2,23,27)(H,25,29)(H,26,28). The van der Waals surface area contributed by atoms with Gasteiger partial charge in [-0.15, -0.1) is 0 Å². The van der Waals surface area contributed by atoms with Gasteiger partial charge in [0.1, 0.15) is 5.82 Å². The van der Waals surface area contributed by atoms with Gasteiger partial charge in [0.2, 0.25) is 11.8 Å². The molecule has 5 N–H and O–H groups in total. The van der Waals surface area contributed by atoms with Crippen LogP contribution in [0.1, 0.15) is 23.7 Å². The summed E-state index contributed by atoms with van der Waals surface area (Å²) in [7, 11) is 0. The molecule has 0 aliphatic heterocycles. The van der Waals surface area contributed by atoms with Gasteiger partial charge in [0, 0.05) is 16.7 Å². The summed E-state index contributed by atoms with van der Waals surface area (Å²) >= 11 is 3.47. The number of nitrogens with one attached hydrogen (secondary N) is 3. The summed E-state index contributed by atoms with van der Waals surface area (Å²) in [6, 6.07) is 11.7. The Kier molecular flexibility index (Phi) is 9.08. The second-order valence-electron chi connectivity index (χ2n) is 7.10. The van der Waals surface area contributed by atoms with Gasteiger partial charge in [-0.1, -0.05) is 41.1 Å². The zero-order chi connectivity index (χ0) is 21.2. The molecule has 0 aliphatic carbocycles. The Bertz CT molecular complexity index is 844. The van der Waals surface area contributed by atoms with Gasteiger partial charge in [-0.05, 0) is 55.1 Å². The third-order valence-electron chi connectivity index (χ3n) is 4.39. The quantitative estimate of drug-likeness (QED) is 0.432. The first-order valence-electron chi connectivity index (χ1n) is 9.54. The summed E-state index contributed by atoms with van der Waals surface area (Å²) < 4.78 is 1.07. The van der Waals surface area contributed by atoms with Crippen LogP contribution in [0.15, 0.2) is 40.9 Å². The van der Waals surface area contributed by atoms with E-state index in [0.29, 0.717) is 18.3 Å². The van der Waals surface area contributed by atoms with E-state index in [4.69, 9.17) is 5.73 Å². The highest BCUT2D eigenvalue weighted by molar-refractivity contribution is 9.10. The minimum absolute atomic E-state index is 0.0600. The number of anilines is 1. The number of aryl methyl sites for hydroxylation is 1. The Morgan fingerprint density at radius 3 is 2.62 bits per heavy atom. The van der Waals surface area contributed by atoms with Gasteiger partial charge in [0.15, 0.2) is 0 Å². The fourth-order valence-electron chi connectivity index (χ4n) is 2.86. The molecule has 1 aromatic carbocycles. The van der Waals surface area contributed by atoms with Crippen LogP contribution in [0, 0.1) is 12.8 Å². The van der Waals surface area contributed by atoms with Crippen molar-refractivity contribution in [3.63, 3.8) is 0 Å². The molecule has 0 saturated heterocycles. The lowest BCUT2D eigenvalue weighted by molar-refractivity contribution is -0.125. The van der Waals surface area contributed by atoms with Crippen LogP contribution in [0.2, 0.25) is 0 Å². The molecule has 2 amide bonds. The number of halogens is 1. The maximum atomic E-state index is 11.9. The number of rotatable bonds is 10. The minimum atomic E-state index is -0.252. The lowest BCUT2D eigenvalue weighted by Gasteiger charge is -2.13. The Hall–Kier alpha value is -2.45. The zero-order valence-electron chi connectivity index (χ0n) is 16.8. The zero-order valence-corrected chi connectivity index (χ0v) is 18.4. The highest BCUT2D eigenvalue weighted by atomic mass is 79.9. The van der Waals surface area contributed by atoms with Crippen LogP contribution in [0.3, 0.4) is 0 Å². The average molecular weight is 462 g/mol. The van der Waals surface area contributed by atoms with Crippen molar-refractivity contribution >= 4 is 33.6 Å². The number of carbonyl (C=O) groups excluding carboxylic acids is 2. The highest BCUT2D eigenvalue weighted by Gasteiger charge is 2.08. The van der Waals surface area contributed by atoms with E-state index in [-0.39, 0.29) is 24.9 Å². The van der Waals surface area contributed by atoms with E-state index in [9.17, 15) is 9.59 Å². The van der Waals surface area contributed by atoms with Crippen LogP contribution in [0.5, 0.6) is 0 Å². The second-order valence-corrected chi connectivity index (χ2v) is 8.02. The van der Waals surface area contributed by atoms with Crippen molar-refractivity contribution in [3.05, 3.63) is 57.7 Å². The first kappa shape index (κ1) is 22.8. The number of benzene rings is 1. The van der Waals surface area contributed by atoms with E-state index in [1.807, 2.05) is 25.1 Å². The lowest BCUT2D eigenvalue weighted by Crippen LogP contribution is -2.41. The molecule has 0 spiro atoms. The Labute approximate surface area is 180 Å². The molecule has 0 radical (unpaired) electrons. The maximum Gasteiger partial charge on any atom is 0.239 e. The van der Waals surface area contributed by atoms with Crippen molar-refractivity contribution in [2.24, 2.45) is 5.92 Å². The predicted octanol–water partition coefficient (Wildman–Crippen LogP) is 1.94. The first-order valence-corrected chi connectivity index (χ1v) is 10.3. The van der Waals surface area contributed by atoms with Crippen LogP contribution in [0.4, 0.5) is 5.82 Å². The molecular weight excluding hydrogens is 434 g/mol. The average Bonchev–Trinajstić information content (AvgIpc) is 2.65. The van der Waals surface area contributed by atoms with Crippen molar-refractivity contribution in [2.75, 3.05) is 25.4 Å². The SMILES string of the molecule is Cc1nc(N)ccc1CNC(=O)CNC(=O)CNCC(C)Cc1cccc(Br)c1. The molecule has 0 aliphatic rings. The number of hydrogen-bond donors (Lipinski definition) is 4. The van der Waals surface area contributed by atoms with Crippen LogP contribution < -0.4 is 21.7 Å². The number of hydrogen-bond acceptors (Lipinski definition) is 5. The summed E-state index contributed by atoms with van der Waals surface area (Å²) in [5.41, 5.74) is 8.53. The molecule has 8 heteroatoms. The van der Waals surface area contributed by atoms with Gasteiger partial charge >= 0.3 is 0 Å². The molecule has 1 aromatic heterocycles. The lowest BCUT2D eigenvalue weighted by atomic mass is 10.0. The molecule has 0 bridgehead atoms. The Morgan fingerprint density at radius 2 is 1.90 bits per heavy atom. The molecule has 29 heavy (non-hydrogen) atoms.